The molecule has 62 valence electrons. The second-order valence-corrected chi connectivity index (χ2v) is 1.76. The first kappa shape index (κ1) is 6.71. The van der Waals surface area contributed by atoms with Gasteiger partial charge < -0.3 is 8.83 Å². The fraction of sp³-hybridized carbons (Fsp3) is 0. The van der Waals surface area contributed by atoms with Gasteiger partial charge in [-0.05, 0) is 0 Å². The molecule has 0 spiro atoms. The normalized spacial score (nSPS) is 9.67. The van der Waals surface area contributed by atoms with Gasteiger partial charge in [-0.15, -0.1) is 0 Å². The zero-order valence-corrected chi connectivity index (χ0v) is 5.84. The Balaban J connectivity index is 1.91. The maximum absolute atomic E-state index is 4.70. The Kier molecular flexibility index (Phi) is 1.65. The molecule has 0 saturated carbocycles. The molecule has 2 aromatic heterocycles. The van der Waals surface area contributed by atoms with Gasteiger partial charge in [-0.1, -0.05) is 0 Å². The van der Waals surface area contributed by atoms with E-state index < -0.39 is 0 Å². The van der Waals surface area contributed by atoms with Crippen molar-refractivity contribution < 1.29 is 18.6 Å². The van der Waals surface area contributed by atoms with Crippen molar-refractivity contribution in [2.45, 2.75) is 0 Å². The van der Waals surface area contributed by atoms with Gasteiger partial charge in [0.2, 0.25) is 0 Å². The molecule has 0 aliphatic heterocycles. The summed E-state index contributed by atoms with van der Waals surface area (Å²) >= 11 is 0. The molecule has 0 atom stereocenters. The smallest absolute Gasteiger partial charge is 0.415 e. The summed E-state index contributed by atoms with van der Waals surface area (Å²) in [7, 11) is 0. The van der Waals surface area contributed by atoms with Crippen LogP contribution in [0.4, 0.5) is 0 Å². The molecular formula is C6H4N2O4. The van der Waals surface area contributed by atoms with E-state index in [9.17, 15) is 0 Å². The molecule has 6 nitrogen and oxygen atoms in total. The lowest BCUT2D eigenvalue weighted by Crippen LogP contribution is -2.00. The molecule has 2 heterocycles. The van der Waals surface area contributed by atoms with E-state index in [0.29, 0.717) is 0 Å². The first-order valence-corrected chi connectivity index (χ1v) is 3.08. The summed E-state index contributed by atoms with van der Waals surface area (Å²) in [6.07, 6.45) is 5.55. The molecule has 0 N–H and O–H groups in total. The first-order valence-electron chi connectivity index (χ1n) is 3.08. The van der Waals surface area contributed by atoms with E-state index in [4.69, 9.17) is 8.83 Å². The molecule has 0 fully saturated rings. The lowest BCUT2D eigenvalue weighted by atomic mass is 11.0. The van der Waals surface area contributed by atoms with Crippen molar-refractivity contribution >= 4 is 0 Å². The average molecular weight is 168 g/mol. The summed E-state index contributed by atoms with van der Waals surface area (Å²) in [5.74, 6) is 0. The molecule has 0 aliphatic rings. The van der Waals surface area contributed by atoms with Gasteiger partial charge in [-0.25, -0.2) is 9.78 Å². The van der Waals surface area contributed by atoms with E-state index in [-0.39, 0.29) is 12.2 Å². The molecule has 2 aromatic rings. The highest BCUT2D eigenvalue weighted by molar-refractivity contribution is 4.86. The van der Waals surface area contributed by atoms with E-state index in [1.54, 1.807) is 0 Å². The summed E-state index contributed by atoms with van der Waals surface area (Å²) < 4.78 is 9.41. The fourth-order valence-corrected chi connectivity index (χ4v) is 0.574. The highest BCUT2D eigenvalue weighted by Crippen LogP contribution is 2.09. The Hall–Kier alpha value is -1.98. The van der Waals surface area contributed by atoms with E-state index in [2.05, 4.69) is 19.7 Å². The van der Waals surface area contributed by atoms with Crippen LogP contribution in [0.2, 0.25) is 0 Å². The molecule has 0 saturated heterocycles. The minimum atomic E-state index is -0.00630. The molecule has 0 radical (unpaired) electrons. The van der Waals surface area contributed by atoms with Gasteiger partial charge >= 0.3 is 12.2 Å². The minimum absolute atomic E-state index is 0.00630. The highest BCUT2D eigenvalue weighted by atomic mass is 17.2. The van der Waals surface area contributed by atoms with Crippen LogP contribution in [0.1, 0.15) is 0 Å². The van der Waals surface area contributed by atoms with Crippen LogP contribution >= 0.6 is 0 Å². The van der Waals surface area contributed by atoms with Crippen molar-refractivity contribution in [1.82, 2.24) is 9.97 Å². The van der Waals surface area contributed by atoms with E-state index >= 15 is 0 Å². The van der Waals surface area contributed by atoms with Crippen LogP contribution in [0.5, 0.6) is 12.2 Å². The Morgan fingerprint density at radius 1 is 0.917 bits per heavy atom. The number of nitrogens with zero attached hydrogens (tertiary/aromatic N) is 2. The lowest BCUT2D eigenvalue weighted by molar-refractivity contribution is -0.144. The number of hydrogen-bond donors (Lipinski definition) is 0. The Labute approximate surface area is 66.7 Å². The number of rotatable bonds is 3. The van der Waals surface area contributed by atoms with E-state index in [1.807, 2.05) is 0 Å². The number of aromatic nitrogens is 2. The first-order chi connectivity index (χ1) is 5.95. The minimum Gasteiger partial charge on any atom is -0.415 e. The molecule has 0 bridgehead atoms. The summed E-state index contributed by atoms with van der Waals surface area (Å²) in [6, 6.07) is 0. The Morgan fingerprint density at radius 2 is 1.42 bits per heavy atom. The predicted octanol–water partition coefficient (Wildman–Crippen LogP) is 1.04. The number of hydrogen-bond acceptors (Lipinski definition) is 6. The molecule has 12 heavy (non-hydrogen) atoms. The van der Waals surface area contributed by atoms with Gasteiger partial charge in [0.15, 0.2) is 0 Å². The van der Waals surface area contributed by atoms with Gasteiger partial charge in [-0.2, -0.15) is 9.97 Å². The maximum Gasteiger partial charge on any atom is 0.438 e. The third-order valence-electron chi connectivity index (χ3n) is 1.00. The molecule has 6 heteroatoms. The summed E-state index contributed by atoms with van der Waals surface area (Å²) in [4.78, 5) is 16.4. The van der Waals surface area contributed by atoms with Crippen LogP contribution in [-0.4, -0.2) is 9.97 Å². The van der Waals surface area contributed by atoms with Crippen LogP contribution in [0, 0.1) is 0 Å². The van der Waals surface area contributed by atoms with Crippen LogP contribution in [-0.2, 0) is 0 Å². The predicted molar refractivity (Wildman–Crippen MR) is 34.3 cm³/mol. The quantitative estimate of drug-likeness (QED) is 0.503. The van der Waals surface area contributed by atoms with Crippen LogP contribution < -0.4 is 9.78 Å². The molecule has 0 unspecified atom stereocenters. The van der Waals surface area contributed by atoms with Crippen LogP contribution in [0.3, 0.4) is 0 Å². The van der Waals surface area contributed by atoms with Crippen LogP contribution in [0.15, 0.2) is 33.8 Å². The zero-order valence-electron chi connectivity index (χ0n) is 5.84. The maximum atomic E-state index is 4.70. The zero-order chi connectivity index (χ0) is 8.23. The molecule has 2 rings (SSSR count). The van der Waals surface area contributed by atoms with Crippen molar-refractivity contribution in [3.05, 3.63) is 24.9 Å². The molecule has 0 amide bonds. The monoisotopic (exact) mass is 168 g/mol. The summed E-state index contributed by atoms with van der Waals surface area (Å²) in [5.41, 5.74) is 0. The van der Waals surface area contributed by atoms with Gasteiger partial charge in [0.05, 0.1) is 12.4 Å². The second-order valence-electron chi connectivity index (χ2n) is 1.76. The van der Waals surface area contributed by atoms with Gasteiger partial charge in [0.25, 0.3) is 0 Å². The Bertz CT molecular complexity index is 281. The molecule has 0 aromatic carbocycles. The highest BCUT2D eigenvalue weighted by Gasteiger charge is 2.03. The average Bonchev–Trinajstić information content (AvgIpc) is 2.74. The van der Waals surface area contributed by atoms with Crippen molar-refractivity contribution in [2.24, 2.45) is 0 Å². The van der Waals surface area contributed by atoms with E-state index in [0.717, 1.165) is 0 Å². The van der Waals surface area contributed by atoms with Gasteiger partial charge in [0.1, 0.15) is 12.5 Å². The van der Waals surface area contributed by atoms with Crippen molar-refractivity contribution in [3.63, 3.8) is 0 Å². The summed E-state index contributed by atoms with van der Waals surface area (Å²) in [6.45, 7) is 0. The van der Waals surface area contributed by atoms with Crippen molar-refractivity contribution in [2.75, 3.05) is 0 Å². The van der Waals surface area contributed by atoms with Crippen LogP contribution in [0.25, 0.3) is 0 Å². The van der Waals surface area contributed by atoms with Crippen molar-refractivity contribution in [3.8, 4) is 12.2 Å². The van der Waals surface area contributed by atoms with Crippen molar-refractivity contribution in [1.29, 1.82) is 0 Å². The van der Waals surface area contributed by atoms with E-state index in [1.165, 1.54) is 24.9 Å². The van der Waals surface area contributed by atoms with Gasteiger partial charge in [-0.3, -0.25) is 0 Å². The summed E-state index contributed by atoms with van der Waals surface area (Å²) in [5, 5.41) is 0. The van der Waals surface area contributed by atoms with Gasteiger partial charge in [0, 0.05) is 0 Å². The molecular weight excluding hydrogens is 164 g/mol. The third-order valence-corrected chi connectivity index (χ3v) is 1.00. The SMILES string of the molecule is c1coc(OOc2ncco2)n1. The lowest BCUT2D eigenvalue weighted by Gasteiger charge is -1.93. The Morgan fingerprint density at radius 3 is 1.75 bits per heavy atom. The second kappa shape index (κ2) is 2.95. The number of oxazole rings is 2. The molecule has 0 aliphatic carbocycles. The topological polar surface area (TPSA) is 70.5 Å². The largest absolute Gasteiger partial charge is 0.438 e. The standard InChI is InChI=1S/C6H4N2O4/c1-3-9-5(7-1)11-12-6-8-2-4-10-6/h1-4H. The fourth-order valence-electron chi connectivity index (χ4n) is 0.574. The third kappa shape index (κ3) is 1.36.